The third-order valence-corrected chi connectivity index (χ3v) is 4.17. The Morgan fingerprint density at radius 1 is 1.07 bits per heavy atom. The van der Waals surface area contributed by atoms with Crippen molar-refractivity contribution in [3.05, 3.63) is 65.2 Å². The van der Waals surface area contributed by atoms with Gasteiger partial charge in [0.25, 0.3) is 0 Å². The Hall–Kier alpha value is -2.57. The van der Waals surface area contributed by atoms with E-state index in [0.29, 0.717) is 25.7 Å². The van der Waals surface area contributed by atoms with Gasteiger partial charge in [0.15, 0.2) is 5.96 Å². The number of aliphatic imine (C=N–C) groups is 1. The Morgan fingerprint density at radius 3 is 2.45 bits per heavy atom. The smallest absolute Gasteiger partial charge is 0.191 e. The van der Waals surface area contributed by atoms with E-state index in [1.54, 1.807) is 7.11 Å². The number of benzene rings is 2. The van der Waals surface area contributed by atoms with Crippen molar-refractivity contribution in [2.75, 3.05) is 20.2 Å². The molecule has 6 nitrogen and oxygen atoms in total. The van der Waals surface area contributed by atoms with Gasteiger partial charge >= 0.3 is 0 Å². The minimum Gasteiger partial charge on any atom is -0.491 e. The molecule has 0 aliphatic carbocycles. The molecule has 0 fully saturated rings. The summed E-state index contributed by atoms with van der Waals surface area (Å²) in [5.74, 6) is 1.47. The van der Waals surface area contributed by atoms with Gasteiger partial charge in [0, 0.05) is 20.2 Å². The van der Waals surface area contributed by atoms with Crippen LogP contribution in [0.1, 0.15) is 43.6 Å². The minimum atomic E-state index is -0.642. The number of hydrogen-bond acceptors (Lipinski definition) is 4. The number of nitrogens with one attached hydrogen (secondary N) is 2. The molecule has 3 N–H and O–H groups in total. The second-order valence-electron chi connectivity index (χ2n) is 7.08. The van der Waals surface area contributed by atoms with E-state index in [1.165, 1.54) is 0 Å². The van der Waals surface area contributed by atoms with Gasteiger partial charge in [-0.2, -0.15) is 0 Å². The van der Waals surface area contributed by atoms with Crippen molar-refractivity contribution in [3.63, 3.8) is 0 Å². The van der Waals surface area contributed by atoms with Crippen LogP contribution >= 0.6 is 0 Å². The molecule has 0 saturated heterocycles. The zero-order valence-corrected chi connectivity index (χ0v) is 17.8. The third-order valence-electron chi connectivity index (χ3n) is 4.17. The van der Waals surface area contributed by atoms with Crippen molar-refractivity contribution in [2.24, 2.45) is 4.99 Å². The van der Waals surface area contributed by atoms with Gasteiger partial charge in [0.2, 0.25) is 0 Å². The highest BCUT2D eigenvalue weighted by molar-refractivity contribution is 5.79. The number of nitrogens with zero attached hydrogens (tertiary/aromatic N) is 1. The minimum absolute atomic E-state index is 0.126. The lowest BCUT2D eigenvalue weighted by Gasteiger charge is -2.16. The Labute approximate surface area is 174 Å². The van der Waals surface area contributed by atoms with Crippen LogP contribution in [0.5, 0.6) is 5.75 Å². The van der Waals surface area contributed by atoms with Crippen LogP contribution in [0.3, 0.4) is 0 Å². The predicted molar refractivity (Wildman–Crippen MR) is 117 cm³/mol. The largest absolute Gasteiger partial charge is 0.491 e. The predicted octanol–water partition coefficient (Wildman–Crippen LogP) is 3.41. The third kappa shape index (κ3) is 8.13. The number of methoxy groups -OCH3 is 1. The van der Waals surface area contributed by atoms with Crippen LogP contribution in [0.4, 0.5) is 0 Å². The number of guanidine groups is 1. The Bertz CT molecular complexity index is 760. The summed E-state index contributed by atoms with van der Waals surface area (Å²) < 4.78 is 10.8. The molecule has 6 heteroatoms. The fourth-order valence-electron chi connectivity index (χ4n) is 2.85. The first kappa shape index (κ1) is 22.7. The summed E-state index contributed by atoms with van der Waals surface area (Å²) in [5, 5.41) is 16.9. The van der Waals surface area contributed by atoms with E-state index in [0.717, 1.165) is 29.0 Å². The van der Waals surface area contributed by atoms with E-state index in [-0.39, 0.29) is 6.10 Å². The highest BCUT2D eigenvalue weighted by atomic mass is 16.5. The molecule has 0 aliphatic heterocycles. The monoisotopic (exact) mass is 399 g/mol. The Morgan fingerprint density at radius 2 is 1.79 bits per heavy atom. The summed E-state index contributed by atoms with van der Waals surface area (Å²) in [6.45, 7) is 8.23. The van der Waals surface area contributed by atoms with Gasteiger partial charge in [-0.1, -0.05) is 36.4 Å². The number of rotatable bonds is 10. The molecule has 0 radical (unpaired) electrons. The zero-order chi connectivity index (χ0) is 21.1. The van der Waals surface area contributed by atoms with E-state index in [2.05, 4.69) is 21.7 Å². The van der Waals surface area contributed by atoms with Gasteiger partial charge in [-0.05, 0) is 49.6 Å². The molecule has 2 aromatic rings. The van der Waals surface area contributed by atoms with Crippen LogP contribution in [-0.2, 0) is 17.9 Å². The molecule has 0 spiro atoms. The van der Waals surface area contributed by atoms with Gasteiger partial charge in [-0.15, -0.1) is 0 Å². The average Bonchev–Trinajstić information content (AvgIpc) is 2.70. The molecule has 0 aromatic heterocycles. The topological polar surface area (TPSA) is 75.1 Å². The van der Waals surface area contributed by atoms with Crippen molar-refractivity contribution in [3.8, 4) is 5.75 Å². The van der Waals surface area contributed by atoms with Crippen LogP contribution in [0.15, 0.2) is 53.5 Å². The number of ether oxygens (including phenoxy) is 2. The molecule has 0 saturated carbocycles. The first-order valence-corrected chi connectivity index (χ1v) is 10.1. The summed E-state index contributed by atoms with van der Waals surface area (Å²) in [6, 6.07) is 15.7. The average molecular weight is 400 g/mol. The van der Waals surface area contributed by atoms with Crippen LogP contribution in [0, 0.1) is 0 Å². The fourth-order valence-corrected chi connectivity index (χ4v) is 2.85. The van der Waals surface area contributed by atoms with E-state index >= 15 is 0 Å². The van der Waals surface area contributed by atoms with Gasteiger partial charge in [-0.25, -0.2) is 4.99 Å². The molecular weight excluding hydrogens is 366 g/mol. The van der Waals surface area contributed by atoms with E-state index in [1.807, 2.05) is 63.2 Å². The first-order valence-electron chi connectivity index (χ1n) is 10.1. The second-order valence-corrected chi connectivity index (χ2v) is 7.08. The molecule has 0 aliphatic rings. The summed E-state index contributed by atoms with van der Waals surface area (Å²) in [5.41, 5.74) is 3.06. The molecule has 0 heterocycles. The van der Waals surface area contributed by atoms with E-state index < -0.39 is 6.10 Å². The number of hydrogen-bond donors (Lipinski definition) is 3. The Balaban J connectivity index is 1.93. The van der Waals surface area contributed by atoms with Crippen molar-refractivity contribution in [1.29, 1.82) is 0 Å². The van der Waals surface area contributed by atoms with Gasteiger partial charge in [0.05, 0.1) is 25.4 Å². The van der Waals surface area contributed by atoms with Crippen molar-refractivity contribution in [1.82, 2.24) is 10.6 Å². The zero-order valence-electron chi connectivity index (χ0n) is 17.8. The van der Waals surface area contributed by atoms with Gasteiger partial charge in [-0.3, -0.25) is 0 Å². The molecule has 0 bridgehead atoms. The highest BCUT2D eigenvalue weighted by Crippen LogP contribution is 2.18. The maximum absolute atomic E-state index is 10.5. The standard InChI is InChI=1S/C23H33N3O3/c1-5-24-23(25-14-18-7-6-8-19(13-18)16-28-4)26-15-22(27)20-9-11-21(12-10-20)29-17(2)3/h6-13,17,22,27H,5,14-16H2,1-4H3,(H2,24,25,26). The quantitative estimate of drug-likeness (QED) is 0.422. The Kier molecular flexibility index (Phi) is 9.47. The lowest BCUT2D eigenvalue weighted by molar-refractivity contribution is 0.180. The normalized spacial score (nSPS) is 12.7. The molecule has 1 unspecified atom stereocenters. The van der Waals surface area contributed by atoms with Crippen LogP contribution in [0.2, 0.25) is 0 Å². The van der Waals surface area contributed by atoms with Crippen LogP contribution < -0.4 is 15.4 Å². The number of aliphatic hydroxyl groups excluding tert-OH is 1. The molecule has 0 amide bonds. The van der Waals surface area contributed by atoms with Gasteiger partial charge in [0.1, 0.15) is 5.75 Å². The van der Waals surface area contributed by atoms with Crippen LogP contribution in [-0.4, -0.2) is 37.4 Å². The highest BCUT2D eigenvalue weighted by Gasteiger charge is 2.09. The van der Waals surface area contributed by atoms with E-state index in [9.17, 15) is 5.11 Å². The van der Waals surface area contributed by atoms with Crippen LogP contribution in [0.25, 0.3) is 0 Å². The summed E-state index contributed by atoms with van der Waals surface area (Å²) in [7, 11) is 1.69. The maximum Gasteiger partial charge on any atom is 0.191 e. The van der Waals surface area contributed by atoms with Crippen molar-refractivity contribution < 1.29 is 14.6 Å². The summed E-state index contributed by atoms with van der Waals surface area (Å²) >= 11 is 0. The maximum atomic E-state index is 10.5. The molecule has 158 valence electrons. The van der Waals surface area contributed by atoms with Gasteiger partial charge < -0.3 is 25.2 Å². The number of aliphatic hydroxyl groups is 1. The van der Waals surface area contributed by atoms with Crippen molar-refractivity contribution in [2.45, 2.75) is 46.1 Å². The first-order chi connectivity index (χ1) is 14.0. The molecule has 29 heavy (non-hydrogen) atoms. The SMILES string of the molecule is CCNC(=NCc1cccc(COC)c1)NCC(O)c1ccc(OC(C)C)cc1. The summed E-state index contributed by atoms with van der Waals surface area (Å²) in [6.07, 6.45) is -0.515. The van der Waals surface area contributed by atoms with E-state index in [4.69, 9.17) is 9.47 Å². The molecular formula is C23H33N3O3. The second kappa shape index (κ2) is 12.1. The molecule has 1 atom stereocenters. The summed E-state index contributed by atoms with van der Waals surface area (Å²) in [4.78, 5) is 4.62. The molecule has 2 rings (SSSR count). The van der Waals surface area contributed by atoms with Crippen molar-refractivity contribution >= 4 is 5.96 Å². The fraction of sp³-hybridized carbons (Fsp3) is 0.435. The lowest BCUT2D eigenvalue weighted by atomic mass is 10.1. The molecule has 2 aromatic carbocycles. The lowest BCUT2D eigenvalue weighted by Crippen LogP contribution is -2.39.